The van der Waals surface area contributed by atoms with Gasteiger partial charge in [-0.05, 0) is 60.6 Å². The van der Waals surface area contributed by atoms with Crippen LogP contribution in [-0.2, 0) is 11.8 Å². The molecular weight excluding hydrogens is 697 g/mol. The molecule has 0 aliphatic carbocycles. The van der Waals surface area contributed by atoms with Crippen molar-refractivity contribution in [3.63, 3.8) is 0 Å². The summed E-state index contributed by atoms with van der Waals surface area (Å²) in [5.74, 6) is -0.00377. The van der Waals surface area contributed by atoms with Crippen molar-refractivity contribution in [1.29, 1.82) is 0 Å². The van der Waals surface area contributed by atoms with E-state index >= 15 is 0 Å². The number of aromatic nitrogens is 4. The number of carboxylic acids is 1. The number of carboxylic acid groups (broad SMARTS) is 1. The minimum absolute atomic E-state index is 0.00736. The van der Waals surface area contributed by atoms with Crippen molar-refractivity contribution >= 4 is 46.2 Å². The Bertz CT molecular complexity index is 2190. The highest BCUT2D eigenvalue weighted by Gasteiger charge is 2.43. The number of benzene rings is 3. The van der Waals surface area contributed by atoms with Crippen molar-refractivity contribution in [2.75, 3.05) is 63.2 Å². The van der Waals surface area contributed by atoms with Gasteiger partial charge in [-0.3, -0.25) is 19.4 Å². The zero-order valence-corrected chi connectivity index (χ0v) is 30.7. The molecule has 1 amide bonds. The average molecular weight is 737 g/mol. The number of aromatic carboxylic acids is 1. The standard InChI is InChI=1S/C38H40N8O6S/c1-5-44-18-20-45(21-19-44)23-31-33(48)46(34(53-31)24-10-12-25(13-11-24)35(49)50)26-14-16-27(17-15-26)51-37-39-36(42(2)3)40-38(41-37)52-30-22-32(47)43(4)29-9-7-6-8-28(29)30/h6-17,22,31,34H,5,18-21,23H2,1-4H3,(H,49,50). The van der Waals surface area contributed by atoms with Gasteiger partial charge in [0, 0.05) is 71.0 Å². The van der Waals surface area contributed by atoms with Crippen LogP contribution in [0.3, 0.4) is 0 Å². The van der Waals surface area contributed by atoms with E-state index < -0.39 is 5.97 Å². The first-order valence-electron chi connectivity index (χ1n) is 17.3. The number of hydrogen-bond donors (Lipinski definition) is 1. The summed E-state index contributed by atoms with van der Waals surface area (Å²) in [4.78, 5) is 59.8. The van der Waals surface area contributed by atoms with Crippen molar-refractivity contribution in [2.45, 2.75) is 17.5 Å². The lowest BCUT2D eigenvalue weighted by Gasteiger charge is -2.34. The predicted octanol–water partition coefficient (Wildman–Crippen LogP) is 4.86. The van der Waals surface area contributed by atoms with Crippen LogP contribution in [0.2, 0.25) is 0 Å². The summed E-state index contributed by atoms with van der Waals surface area (Å²) >= 11 is 1.58. The fraction of sp³-hybridized carbons (Fsp3) is 0.316. The van der Waals surface area contributed by atoms with E-state index in [1.807, 2.05) is 36.4 Å². The van der Waals surface area contributed by atoms with E-state index in [4.69, 9.17) is 9.47 Å². The number of carbonyl (C=O) groups is 2. The maximum absolute atomic E-state index is 14.1. The number of thioether (sulfide) groups is 1. The minimum atomic E-state index is -1.00. The number of likely N-dealkylation sites (N-methyl/N-ethyl adjacent to an activating group) is 1. The molecule has 2 atom stereocenters. The minimum Gasteiger partial charge on any atom is -0.478 e. The lowest BCUT2D eigenvalue weighted by atomic mass is 10.1. The number of fused-ring (bicyclic) bond motifs is 1. The van der Waals surface area contributed by atoms with Crippen LogP contribution in [0.15, 0.2) is 83.7 Å². The third kappa shape index (κ3) is 7.68. The highest BCUT2D eigenvalue weighted by Crippen LogP contribution is 2.46. The maximum atomic E-state index is 14.1. The molecule has 53 heavy (non-hydrogen) atoms. The Morgan fingerprint density at radius 2 is 1.55 bits per heavy atom. The predicted molar refractivity (Wildman–Crippen MR) is 203 cm³/mol. The monoisotopic (exact) mass is 736 g/mol. The van der Waals surface area contributed by atoms with E-state index in [1.165, 1.54) is 6.07 Å². The number of nitrogens with zero attached hydrogens (tertiary/aromatic N) is 8. The Kier molecular flexibility index (Phi) is 10.3. The van der Waals surface area contributed by atoms with Gasteiger partial charge in [0.1, 0.15) is 16.9 Å². The molecule has 2 aliphatic heterocycles. The van der Waals surface area contributed by atoms with E-state index in [9.17, 15) is 19.5 Å². The molecule has 4 heterocycles. The highest BCUT2D eigenvalue weighted by atomic mass is 32.2. The molecule has 2 fully saturated rings. The first kappa shape index (κ1) is 35.9. The summed E-state index contributed by atoms with van der Waals surface area (Å²) < 4.78 is 13.7. The van der Waals surface area contributed by atoms with Crippen molar-refractivity contribution in [2.24, 2.45) is 7.05 Å². The Labute approximate surface area is 310 Å². The SMILES string of the molecule is CCN1CCN(CC2SC(c3ccc(C(=O)O)cc3)N(c3ccc(Oc4nc(Oc5cc(=O)n(C)c6ccccc56)nc(N(C)C)n4)cc3)C2=O)CC1. The molecule has 0 radical (unpaired) electrons. The fourth-order valence-corrected chi connectivity index (χ4v) is 7.93. The van der Waals surface area contributed by atoms with Gasteiger partial charge in [0.2, 0.25) is 11.9 Å². The third-order valence-electron chi connectivity index (χ3n) is 9.44. The first-order chi connectivity index (χ1) is 25.6. The van der Waals surface area contributed by atoms with Crippen LogP contribution in [0.25, 0.3) is 10.9 Å². The molecule has 0 spiro atoms. The summed E-state index contributed by atoms with van der Waals surface area (Å²) in [5.41, 5.74) is 2.15. The first-order valence-corrected chi connectivity index (χ1v) is 18.3. The number of piperazine rings is 1. The van der Waals surface area contributed by atoms with Gasteiger partial charge in [-0.2, -0.15) is 9.97 Å². The number of hydrogen-bond acceptors (Lipinski definition) is 12. The molecular formula is C38H40N8O6S. The summed E-state index contributed by atoms with van der Waals surface area (Å²) in [6, 6.07) is 22.5. The molecule has 274 valence electrons. The van der Waals surface area contributed by atoms with E-state index in [0.29, 0.717) is 34.6 Å². The van der Waals surface area contributed by atoms with Crippen LogP contribution in [0.1, 0.15) is 28.2 Å². The molecule has 7 rings (SSSR count). The summed E-state index contributed by atoms with van der Waals surface area (Å²) in [6.07, 6.45) is 0. The Morgan fingerprint density at radius 3 is 2.21 bits per heavy atom. The lowest BCUT2D eigenvalue weighted by Crippen LogP contribution is -2.49. The number of amides is 1. The van der Waals surface area contributed by atoms with E-state index in [-0.39, 0.29) is 45.6 Å². The second-order valence-electron chi connectivity index (χ2n) is 13.1. The molecule has 14 nitrogen and oxygen atoms in total. The van der Waals surface area contributed by atoms with Crippen LogP contribution in [-0.4, -0.2) is 105 Å². The molecule has 2 aliphatic rings. The number of ether oxygens (including phenoxy) is 2. The largest absolute Gasteiger partial charge is 0.478 e. The van der Waals surface area contributed by atoms with Gasteiger partial charge in [-0.25, -0.2) is 4.79 Å². The zero-order chi connectivity index (χ0) is 37.2. The molecule has 1 N–H and O–H groups in total. The van der Waals surface area contributed by atoms with Crippen LogP contribution < -0.4 is 24.8 Å². The van der Waals surface area contributed by atoms with Gasteiger partial charge in [0.15, 0.2) is 0 Å². The highest BCUT2D eigenvalue weighted by molar-refractivity contribution is 8.01. The fourth-order valence-electron chi connectivity index (χ4n) is 6.43. The third-order valence-corrected chi connectivity index (χ3v) is 10.9. The Hall–Kier alpha value is -5.51. The maximum Gasteiger partial charge on any atom is 0.335 e. The van der Waals surface area contributed by atoms with Gasteiger partial charge < -0.3 is 28.9 Å². The lowest BCUT2D eigenvalue weighted by molar-refractivity contribution is -0.118. The summed E-state index contributed by atoms with van der Waals surface area (Å²) in [5, 5.41) is 9.53. The second kappa shape index (κ2) is 15.2. The molecule has 15 heteroatoms. The number of rotatable bonds is 11. The number of aryl methyl sites for hydroxylation is 1. The van der Waals surface area contributed by atoms with Crippen molar-refractivity contribution in [1.82, 2.24) is 29.3 Å². The Balaban J connectivity index is 1.14. The van der Waals surface area contributed by atoms with E-state index in [1.54, 1.807) is 83.7 Å². The molecule has 2 unspecified atom stereocenters. The van der Waals surface area contributed by atoms with Crippen LogP contribution >= 0.6 is 11.8 Å². The zero-order valence-electron chi connectivity index (χ0n) is 29.9. The average Bonchev–Trinajstić information content (AvgIpc) is 3.49. The van der Waals surface area contributed by atoms with Gasteiger partial charge in [0.25, 0.3) is 5.56 Å². The van der Waals surface area contributed by atoms with E-state index in [0.717, 1.165) is 38.3 Å². The molecule has 0 bridgehead atoms. The van der Waals surface area contributed by atoms with Crippen LogP contribution in [0.5, 0.6) is 23.5 Å². The molecule has 2 aromatic heterocycles. The number of pyridine rings is 1. The Morgan fingerprint density at radius 1 is 0.887 bits per heavy atom. The molecule has 2 saturated heterocycles. The van der Waals surface area contributed by atoms with Crippen molar-refractivity contribution < 1.29 is 24.2 Å². The van der Waals surface area contributed by atoms with Gasteiger partial charge in [-0.1, -0.05) is 31.2 Å². The van der Waals surface area contributed by atoms with Crippen molar-refractivity contribution in [3.05, 3.63) is 100 Å². The second-order valence-corrected chi connectivity index (χ2v) is 14.4. The van der Waals surface area contributed by atoms with Crippen molar-refractivity contribution in [3.8, 4) is 23.5 Å². The van der Waals surface area contributed by atoms with E-state index in [2.05, 4.69) is 31.7 Å². The normalized spacial score (nSPS) is 18.0. The molecule has 0 saturated carbocycles. The topological polar surface area (TPSA) is 146 Å². The summed E-state index contributed by atoms with van der Waals surface area (Å²) in [7, 11) is 5.25. The van der Waals surface area contributed by atoms with Crippen LogP contribution in [0, 0.1) is 0 Å². The smallest absolute Gasteiger partial charge is 0.335 e. The van der Waals surface area contributed by atoms with Crippen LogP contribution in [0.4, 0.5) is 11.6 Å². The number of carbonyl (C=O) groups excluding carboxylic acids is 1. The number of para-hydroxylation sites is 1. The van der Waals surface area contributed by atoms with Gasteiger partial charge >= 0.3 is 18.0 Å². The number of anilines is 2. The van der Waals surface area contributed by atoms with Gasteiger partial charge in [0.05, 0.1) is 16.3 Å². The quantitative estimate of drug-likeness (QED) is 0.197. The summed E-state index contributed by atoms with van der Waals surface area (Å²) in [6.45, 7) is 7.56. The molecule has 5 aromatic rings. The van der Waals surface area contributed by atoms with Gasteiger partial charge in [-0.15, -0.1) is 16.7 Å². The molecule has 3 aromatic carbocycles.